The topological polar surface area (TPSA) is 35.6 Å². The number of benzene rings is 9. The van der Waals surface area contributed by atoms with Gasteiger partial charge in [-0.1, -0.05) is 121 Å². The highest BCUT2D eigenvalue weighted by atomic mass is 32.1. The maximum Gasteiger partial charge on any atom is 0.235 e. The fourth-order valence-electron chi connectivity index (χ4n) is 9.32. The van der Waals surface area contributed by atoms with Crippen molar-refractivity contribution in [2.45, 2.75) is 0 Å². The molecule has 0 radical (unpaired) electrons. The van der Waals surface area contributed by atoms with E-state index in [0.29, 0.717) is 5.95 Å². The zero-order valence-electron chi connectivity index (χ0n) is 30.5. The van der Waals surface area contributed by atoms with Crippen molar-refractivity contribution in [3.63, 3.8) is 0 Å². The SMILES string of the molecule is c1ccc2cc3c(cc2c1)c1ccccc1n3-c1ccc2c3c4ccccc4ccc3n(-c3nc(-c4ccc5sc6ccccc6c5c4)c4ccccc4n3)c2c1. The summed E-state index contributed by atoms with van der Waals surface area (Å²) in [5.41, 5.74) is 8.51. The average molecular weight is 743 g/mol. The van der Waals surface area contributed by atoms with E-state index < -0.39 is 0 Å². The molecule has 4 nitrogen and oxygen atoms in total. The van der Waals surface area contributed by atoms with Crippen molar-refractivity contribution in [1.82, 2.24) is 19.1 Å². The zero-order chi connectivity index (χ0) is 37.2. The summed E-state index contributed by atoms with van der Waals surface area (Å²) >= 11 is 1.84. The monoisotopic (exact) mass is 742 g/mol. The van der Waals surface area contributed by atoms with Gasteiger partial charge < -0.3 is 4.57 Å². The number of hydrogen-bond donors (Lipinski definition) is 0. The largest absolute Gasteiger partial charge is 0.309 e. The molecule has 0 amide bonds. The lowest BCUT2D eigenvalue weighted by Gasteiger charge is -2.13. The molecule has 13 aromatic rings. The van der Waals surface area contributed by atoms with Crippen LogP contribution in [0.15, 0.2) is 182 Å². The summed E-state index contributed by atoms with van der Waals surface area (Å²) in [6.07, 6.45) is 0. The normalized spacial score (nSPS) is 12.2. The van der Waals surface area contributed by atoms with Crippen LogP contribution in [0, 0.1) is 0 Å². The Morgan fingerprint density at radius 2 is 1.07 bits per heavy atom. The van der Waals surface area contributed by atoms with Crippen molar-refractivity contribution >= 4 is 108 Å². The second kappa shape index (κ2) is 11.6. The Hall–Kier alpha value is -7.34. The molecule has 4 aromatic heterocycles. The van der Waals surface area contributed by atoms with Crippen molar-refractivity contribution in [2.75, 3.05) is 0 Å². The van der Waals surface area contributed by atoms with Crippen LogP contribution in [0.1, 0.15) is 0 Å². The van der Waals surface area contributed by atoms with Crippen LogP contribution in [-0.2, 0) is 0 Å². The zero-order valence-corrected chi connectivity index (χ0v) is 31.3. The minimum Gasteiger partial charge on any atom is -0.309 e. The lowest BCUT2D eigenvalue weighted by Crippen LogP contribution is -2.04. The van der Waals surface area contributed by atoms with Crippen LogP contribution in [0.2, 0.25) is 0 Å². The van der Waals surface area contributed by atoms with Crippen molar-refractivity contribution in [3.05, 3.63) is 182 Å². The summed E-state index contributed by atoms with van der Waals surface area (Å²) in [6.45, 7) is 0. The van der Waals surface area contributed by atoms with Gasteiger partial charge in [-0.2, -0.15) is 0 Å². The van der Waals surface area contributed by atoms with E-state index in [1.54, 1.807) is 0 Å². The summed E-state index contributed by atoms with van der Waals surface area (Å²) in [4.78, 5) is 10.9. The molecule has 0 N–H and O–H groups in total. The van der Waals surface area contributed by atoms with Gasteiger partial charge in [-0.15, -0.1) is 11.3 Å². The van der Waals surface area contributed by atoms with Gasteiger partial charge in [0.2, 0.25) is 5.95 Å². The van der Waals surface area contributed by atoms with Gasteiger partial charge in [0.15, 0.2) is 0 Å². The molecule has 264 valence electrons. The first kappa shape index (κ1) is 30.9. The predicted octanol–water partition coefficient (Wildman–Crippen LogP) is 14.2. The van der Waals surface area contributed by atoms with Gasteiger partial charge in [-0.05, 0) is 82.2 Å². The fourth-order valence-corrected chi connectivity index (χ4v) is 10.4. The molecular weight excluding hydrogens is 713 g/mol. The van der Waals surface area contributed by atoms with Crippen LogP contribution in [0.5, 0.6) is 0 Å². The van der Waals surface area contributed by atoms with Gasteiger partial charge in [0.05, 0.1) is 33.3 Å². The Labute approximate surface area is 330 Å². The molecule has 0 spiro atoms. The molecule has 4 heterocycles. The van der Waals surface area contributed by atoms with Crippen LogP contribution in [0.25, 0.3) is 119 Å². The van der Waals surface area contributed by atoms with Crippen LogP contribution in [0.4, 0.5) is 0 Å². The van der Waals surface area contributed by atoms with Crippen LogP contribution in [0.3, 0.4) is 0 Å². The number of thiophene rings is 1. The standard InChI is InChI=1S/C52H30N4S/c1-2-13-33-29-46-41(27-32(33)12-1)37-15-6-9-19-44(37)55(46)35-23-24-40-47(30-35)56(45-25-21-31-11-3-4-14-36(31)50(40)45)52-53-43-18-8-5-17-39(43)51(54-52)34-22-26-49-42(28-34)38-16-7-10-20-48(38)57-49/h1-30H. The fraction of sp³-hybridized carbons (Fsp3) is 0. The molecule has 0 bridgehead atoms. The smallest absolute Gasteiger partial charge is 0.235 e. The lowest BCUT2D eigenvalue weighted by atomic mass is 10.0. The molecule has 0 atom stereocenters. The summed E-state index contributed by atoms with van der Waals surface area (Å²) < 4.78 is 7.28. The summed E-state index contributed by atoms with van der Waals surface area (Å²) in [7, 11) is 0. The van der Waals surface area contributed by atoms with E-state index in [-0.39, 0.29) is 0 Å². The predicted molar refractivity (Wildman–Crippen MR) is 242 cm³/mol. The Morgan fingerprint density at radius 1 is 0.368 bits per heavy atom. The minimum absolute atomic E-state index is 0.652. The number of hydrogen-bond acceptors (Lipinski definition) is 3. The van der Waals surface area contributed by atoms with E-state index in [1.165, 1.54) is 74.3 Å². The second-order valence-corrected chi connectivity index (χ2v) is 16.1. The highest BCUT2D eigenvalue weighted by Gasteiger charge is 2.21. The molecule has 9 aromatic carbocycles. The van der Waals surface area contributed by atoms with E-state index in [4.69, 9.17) is 9.97 Å². The van der Waals surface area contributed by atoms with Gasteiger partial charge in [-0.3, -0.25) is 4.57 Å². The molecule has 0 saturated heterocycles. The van der Waals surface area contributed by atoms with E-state index in [1.807, 2.05) is 11.3 Å². The molecule has 5 heteroatoms. The van der Waals surface area contributed by atoms with Crippen molar-refractivity contribution in [3.8, 4) is 22.9 Å². The van der Waals surface area contributed by atoms with Gasteiger partial charge in [0.25, 0.3) is 0 Å². The van der Waals surface area contributed by atoms with Gasteiger partial charge in [-0.25, -0.2) is 9.97 Å². The Morgan fingerprint density at radius 3 is 1.96 bits per heavy atom. The maximum absolute atomic E-state index is 5.54. The Balaban J connectivity index is 1.13. The van der Waals surface area contributed by atoms with Gasteiger partial charge in [0.1, 0.15) is 0 Å². The van der Waals surface area contributed by atoms with Crippen molar-refractivity contribution in [1.29, 1.82) is 0 Å². The van der Waals surface area contributed by atoms with Crippen LogP contribution >= 0.6 is 11.3 Å². The number of fused-ring (bicyclic) bond motifs is 13. The first-order chi connectivity index (χ1) is 28.2. The van der Waals surface area contributed by atoms with Gasteiger partial charge >= 0.3 is 0 Å². The molecule has 57 heavy (non-hydrogen) atoms. The Kier molecular flexibility index (Phi) is 6.29. The summed E-state index contributed by atoms with van der Waals surface area (Å²) in [5, 5.41) is 13.3. The number of nitrogens with zero attached hydrogens (tertiary/aromatic N) is 4. The van der Waals surface area contributed by atoms with E-state index in [2.05, 4.69) is 191 Å². The first-order valence-electron chi connectivity index (χ1n) is 19.3. The van der Waals surface area contributed by atoms with E-state index in [9.17, 15) is 0 Å². The van der Waals surface area contributed by atoms with Crippen molar-refractivity contribution < 1.29 is 0 Å². The molecular formula is C52H30N4S. The summed E-state index contributed by atoms with van der Waals surface area (Å²) in [5.74, 6) is 0.652. The third-order valence-corrected chi connectivity index (χ3v) is 13.0. The molecule has 0 aliphatic rings. The highest BCUT2D eigenvalue weighted by molar-refractivity contribution is 7.25. The highest BCUT2D eigenvalue weighted by Crippen LogP contribution is 2.42. The lowest BCUT2D eigenvalue weighted by molar-refractivity contribution is 1.01. The van der Waals surface area contributed by atoms with E-state index >= 15 is 0 Å². The van der Waals surface area contributed by atoms with Crippen LogP contribution in [-0.4, -0.2) is 19.1 Å². The number of aromatic nitrogens is 4. The second-order valence-electron chi connectivity index (χ2n) is 15.0. The first-order valence-corrected chi connectivity index (χ1v) is 20.1. The third kappa shape index (κ3) is 4.43. The molecule has 0 saturated carbocycles. The maximum atomic E-state index is 5.54. The van der Waals surface area contributed by atoms with Gasteiger partial charge in [0, 0.05) is 58.4 Å². The average Bonchev–Trinajstić information content (AvgIpc) is 3.92. The quantitative estimate of drug-likeness (QED) is 0.181. The Bertz CT molecular complexity index is 3830. The van der Waals surface area contributed by atoms with Crippen molar-refractivity contribution in [2.24, 2.45) is 0 Å². The molecule has 0 fully saturated rings. The molecule has 0 aliphatic heterocycles. The molecule has 0 unspecified atom stereocenters. The third-order valence-electron chi connectivity index (χ3n) is 11.9. The number of para-hydroxylation sites is 2. The summed E-state index contributed by atoms with van der Waals surface area (Å²) in [6, 6.07) is 66.0. The van der Waals surface area contributed by atoms with E-state index in [0.717, 1.165) is 38.9 Å². The molecule has 0 aliphatic carbocycles. The van der Waals surface area contributed by atoms with Crippen LogP contribution < -0.4 is 0 Å². The minimum atomic E-state index is 0.652. The number of rotatable bonds is 3. The molecule has 13 rings (SSSR count).